The highest BCUT2D eigenvalue weighted by atomic mass is 32.2. The number of H-pyrrole nitrogens is 1. The molecule has 1 aromatic rings. The SMILES string of the molecule is CCN(CC1CCC1)S(=O)(=O)c1cnc[nH]1. The quantitative estimate of drug-likeness (QED) is 0.845. The Morgan fingerprint density at radius 2 is 2.31 bits per heavy atom. The fourth-order valence-electron chi connectivity index (χ4n) is 1.88. The molecule has 1 saturated carbocycles. The molecule has 0 atom stereocenters. The molecule has 1 aromatic heterocycles. The topological polar surface area (TPSA) is 66.1 Å². The summed E-state index contributed by atoms with van der Waals surface area (Å²) in [6.45, 7) is 3.02. The number of aromatic nitrogens is 2. The summed E-state index contributed by atoms with van der Waals surface area (Å²) in [5, 5.41) is 0.189. The van der Waals surface area contributed by atoms with Crippen molar-refractivity contribution in [2.75, 3.05) is 13.1 Å². The summed E-state index contributed by atoms with van der Waals surface area (Å²) in [4.78, 5) is 6.42. The summed E-state index contributed by atoms with van der Waals surface area (Å²) in [6, 6.07) is 0. The highest BCUT2D eigenvalue weighted by molar-refractivity contribution is 7.89. The maximum atomic E-state index is 12.2. The lowest BCUT2D eigenvalue weighted by atomic mass is 9.85. The minimum absolute atomic E-state index is 0.189. The third kappa shape index (κ3) is 2.12. The molecule has 0 spiro atoms. The molecule has 0 saturated heterocycles. The molecule has 0 bridgehead atoms. The van der Waals surface area contributed by atoms with Gasteiger partial charge in [-0.1, -0.05) is 13.3 Å². The second kappa shape index (κ2) is 4.55. The number of sulfonamides is 1. The van der Waals surface area contributed by atoms with Crippen molar-refractivity contribution in [3.63, 3.8) is 0 Å². The molecule has 90 valence electrons. The molecule has 16 heavy (non-hydrogen) atoms. The zero-order chi connectivity index (χ0) is 11.6. The Balaban J connectivity index is 2.13. The molecule has 1 heterocycles. The fraction of sp³-hybridized carbons (Fsp3) is 0.700. The molecule has 1 N–H and O–H groups in total. The van der Waals surface area contributed by atoms with Crippen LogP contribution < -0.4 is 0 Å². The lowest BCUT2D eigenvalue weighted by Gasteiger charge is -2.30. The van der Waals surface area contributed by atoms with Crippen LogP contribution in [0.15, 0.2) is 17.6 Å². The van der Waals surface area contributed by atoms with Gasteiger partial charge in [0.05, 0.1) is 12.5 Å². The second-order valence-corrected chi connectivity index (χ2v) is 6.07. The normalized spacial score (nSPS) is 17.6. The molecule has 0 amide bonds. The van der Waals surface area contributed by atoms with E-state index in [9.17, 15) is 8.42 Å². The van der Waals surface area contributed by atoms with Crippen LogP contribution in [-0.4, -0.2) is 35.8 Å². The molecule has 0 radical (unpaired) electrons. The summed E-state index contributed by atoms with van der Waals surface area (Å²) in [5.74, 6) is 0.539. The Hall–Kier alpha value is -0.880. The van der Waals surface area contributed by atoms with Gasteiger partial charge in [0.1, 0.15) is 0 Å². The summed E-state index contributed by atoms with van der Waals surface area (Å²) < 4.78 is 25.8. The van der Waals surface area contributed by atoms with Crippen molar-refractivity contribution in [2.45, 2.75) is 31.2 Å². The average molecular weight is 243 g/mol. The zero-order valence-electron chi connectivity index (χ0n) is 9.39. The van der Waals surface area contributed by atoms with Crippen LogP contribution in [0.4, 0.5) is 0 Å². The van der Waals surface area contributed by atoms with E-state index in [1.54, 1.807) is 0 Å². The predicted octanol–water partition coefficient (Wildman–Crippen LogP) is 1.22. The molecule has 0 aliphatic heterocycles. The van der Waals surface area contributed by atoms with Crippen molar-refractivity contribution in [3.05, 3.63) is 12.5 Å². The Morgan fingerprint density at radius 1 is 1.56 bits per heavy atom. The van der Waals surface area contributed by atoms with Gasteiger partial charge in [0.25, 0.3) is 10.0 Å². The number of rotatable bonds is 5. The molecular weight excluding hydrogens is 226 g/mol. The molecular formula is C10H17N3O2S. The van der Waals surface area contributed by atoms with Gasteiger partial charge in [0, 0.05) is 13.1 Å². The Bertz CT molecular complexity index is 423. The third-order valence-electron chi connectivity index (χ3n) is 3.13. The number of nitrogens with one attached hydrogen (secondary N) is 1. The third-order valence-corrected chi connectivity index (χ3v) is 5.00. The molecule has 2 rings (SSSR count). The summed E-state index contributed by atoms with van der Waals surface area (Å²) >= 11 is 0. The van der Waals surface area contributed by atoms with Crippen LogP contribution in [0, 0.1) is 5.92 Å². The summed E-state index contributed by atoms with van der Waals surface area (Å²) in [5.41, 5.74) is 0. The second-order valence-electron chi connectivity index (χ2n) is 4.17. The lowest BCUT2D eigenvalue weighted by Crippen LogP contribution is -2.37. The number of aromatic amines is 1. The Morgan fingerprint density at radius 3 is 2.75 bits per heavy atom. The van der Waals surface area contributed by atoms with E-state index in [-0.39, 0.29) is 5.03 Å². The molecule has 1 aliphatic rings. The molecule has 1 aliphatic carbocycles. The summed E-state index contributed by atoms with van der Waals surface area (Å²) in [7, 11) is -3.36. The smallest absolute Gasteiger partial charge is 0.260 e. The van der Waals surface area contributed by atoms with E-state index < -0.39 is 10.0 Å². The molecule has 5 nitrogen and oxygen atoms in total. The molecule has 1 fully saturated rings. The highest BCUT2D eigenvalue weighted by Gasteiger charge is 2.29. The van der Waals surface area contributed by atoms with Gasteiger partial charge in [-0.05, 0) is 18.8 Å². The summed E-state index contributed by atoms with van der Waals surface area (Å²) in [6.07, 6.45) is 6.28. The van der Waals surface area contributed by atoms with Gasteiger partial charge < -0.3 is 4.98 Å². The van der Waals surface area contributed by atoms with E-state index >= 15 is 0 Å². The minimum atomic E-state index is -3.36. The number of hydrogen-bond donors (Lipinski definition) is 1. The first-order valence-corrected chi connectivity index (χ1v) is 7.07. The largest absolute Gasteiger partial charge is 0.335 e. The van der Waals surface area contributed by atoms with Crippen molar-refractivity contribution in [2.24, 2.45) is 5.92 Å². The van der Waals surface area contributed by atoms with Crippen molar-refractivity contribution in [1.29, 1.82) is 0 Å². The number of hydrogen-bond acceptors (Lipinski definition) is 3. The lowest BCUT2D eigenvalue weighted by molar-refractivity contribution is 0.249. The van der Waals surface area contributed by atoms with Crippen molar-refractivity contribution >= 4 is 10.0 Å². The minimum Gasteiger partial charge on any atom is -0.335 e. The van der Waals surface area contributed by atoms with Gasteiger partial charge >= 0.3 is 0 Å². The van der Waals surface area contributed by atoms with Gasteiger partial charge in [-0.15, -0.1) is 0 Å². The highest BCUT2D eigenvalue weighted by Crippen LogP contribution is 2.28. The first kappa shape index (κ1) is 11.6. The molecule has 0 aromatic carbocycles. The van der Waals surface area contributed by atoms with Crippen LogP contribution >= 0.6 is 0 Å². The first-order valence-electron chi connectivity index (χ1n) is 5.63. The van der Waals surface area contributed by atoms with Crippen LogP contribution in [0.5, 0.6) is 0 Å². The Labute approximate surface area is 95.9 Å². The van der Waals surface area contributed by atoms with Crippen LogP contribution in [0.1, 0.15) is 26.2 Å². The van der Waals surface area contributed by atoms with Crippen LogP contribution in [-0.2, 0) is 10.0 Å². The van der Waals surface area contributed by atoms with Crippen LogP contribution in [0.3, 0.4) is 0 Å². The van der Waals surface area contributed by atoms with E-state index in [0.717, 1.165) is 12.8 Å². The fourth-order valence-corrected chi connectivity index (χ4v) is 3.30. The first-order chi connectivity index (χ1) is 7.64. The predicted molar refractivity (Wildman–Crippen MR) is 60.4 cm³/mol. The molecule has 0 unspecified atom stereocenters. The van der Waals surface area contributed by atoms with E-state index in [1.165, 1.54) is 23.3 Å². The maximum absolute atomic E-state index is 12.2. The van der Waals surface area contributed by atoms with Crippen molar-refractivity contribution in [3.8, 4) is 0 Å². The van der Waals surface area contributed by atoms with Gasteiger partial charge in [-0.2, -0.15) is 4.31 Å². The maximum Gasteiger partial charge on any atom is 0.260 e. The number of imidazole rings is 1. The number of nitrogens with zero attached hydrogens (tertiary/aromatic N) is 2. The Kier molecular flexibility index (Phi) is 3.30. The van der Waals surface area contributed by atoms with Crippen LogP contribution in [0.2, 0.25) is 0 Å². The van der Waals surface area contributed by atoms with Gasteiger partial charge in [-0.3, -0.25) is 0 Å². The van der Waals surface area contributed by atoms with E-state index in [0.29, 0.717) is 19.0 Å². The average Bonchev–Trinajstić information content (AvgIpc) is 2.68. The molecule has 6 heteroatoms. The van der Waals surface area contributed by atoms with Gasteiger partial charge in [0.2, 0.25) is 0 Å². The van der Waals surface area contributed by atoms with E-state index in [2.05, 4.69) is 9.97 Å². The standard InChI is InChI=1S/C10H17N3O2S/c1-2-13(7-9-4-3-5-9)16(14,15)10-6-11-8-12-10/h6,8-9H,2-5,7H2,1H3,(H,11,12). The van der Waals surface area contributed by atoms with E-state index in [1.807, 2.05) is 6.92 Å². The van der Waals surface area contributed by atoms with Gasteiger partial charge in [0.15, 0.2) is 5.03 Å². The van der Waals surface area contributed by atoms with Crippen LogP contribution in [0.25, 0.3) is 0 Å². The van der Waals surface area contributed by atoms with Crippen molar-refractivity contribution < 1.29 is 8.42 Å². The van der Waals surface area contributed by atoms with E-state index in [4.69, 9.17) is 0 Å². The van der Waals surface area contributed by atoms with Gasteiger partial charge in [-0.25, -0.2) is 13.4 Å². The van der Waals surface area contributed by atoms with Crippen molar-refractivity contribution in [1.82, 2.24) is 14.3 Å². The monoisotopic (exact) mass is 243 g/mol. The zero-order valence-corrected chi connectivity index (χ0v) is 10.2.